The van der Waals surface area contributed by atoms with E-state index < -0.39 is 0 Å². The second-order valence-electron chi connectivity index (χ2n) is 3.88. The van der Waals surface area contributed by atoms with Crippen LogP contribution in [0.15, 0.2) is 29.1 Å². The van der Waals surface area contributed by atoms with Gasteiger partial charge < -0.3 is 0 Å². The van der Waals surface area contributed by atoms with Gasteiger partial charge in [0.1, 0.15) is 6.54 Å². The molecule has 2 rings (SSSR count). The third kappa shape index (κ3) is 1.49. The van der Waals surface area contributed by atoms with Gasteiger partial charge in [0.2, 0.25) is 0 Å². The number of fused-ring (bicyclic) bond motifs is 1. The second kappa shape index (κ2) is 3.82. The molecule has 2 aromatic rings. The van der Waals surface area contributed by atoms with E-state index in [1.165, 1.54) is 4.57 Å². The molecule has 0 unspecified atom stereocenters. The first kappa shape index (κ1) is 10.4. The molecule has 80 valence electrons. The minimum Gasteiger partial charge on any atom is -0.294 e. The number of hydrogen-bond donors (Lipinski definition) is 0. The molecule has 1 heterocycles. The molecule has 1 aromatic heterocycles. The van der Waals surface area contributed by atoms with Crippen LogP contribution < -0.4 is 5.56 Å². The average molecular weight is 212 g/mol. The molecule has 0 aliphatic carbocycles. The maximum absolute atomic E-state index is 11.8. The highest BCUT2D eigenvalue weighted by Crippen LogP contribution is 2.19. The van der Waals surface area contributed by atoms with Crippen molar-refractivity contribution in [1.82, 2.24) is 4.57 Å². The van der Waals surface area contributed by atoms with Crippen molar-refractivity contribution in [2.45, 2.75) is 20.4 Å². The van der Waals surface area contributed by atoms with Gasteiger partial charge in [-0.3, -0.25) is 9.36 Å². The third-order valence-electron chi connectivity index (χ3n) is 2.77. The zero-order valence-electron chi connectivity index (χ0n) is 9.32. The first-order chi connectivity index (χ1) is 7.65. The lowest BCUT2D eigenvalue weighted by Gasteiger charge is -2.11. The topological polar surface area (TPSA) is 45.8 Å². The van der Waals surface area contributed by atoms with Gasteiger partial charge in [0, 0.05) is 11.5 Å². The van der Waals surface area contributed by atoms with Crippen LogP contribution in [-0.4, -0.2) is 4.57 Å². The quantitative estimate of drug-likeness (QED) is 0.727. The number of para-hydroxylation sites is 1. The monoisotopic (exact) mass is 212 g/mol. The van der Waals surface area contributed by atoms with Gasteiger partial charge in [-0.25, -0.2) is 0 Å². The van der Waals surface area contributed by atoms with Crippen LogP contribution >= 0.6 is 0 Å². The number of pyridine rings is 1. The summed E-state index contributed by atoms with van der Waals surface area (Å²) in [6.45, 7) is 3.97. The molecule has 3 nitrogen and oxygen atoms in total. The Morgan fingerprint density at radius 1 is 1.31 bits per heavy atom. The van der Waals surface area contributed by atoms with Crippen LogP contribution in [0.5, 0.6) is 0 Å². The Morgan fingerprint density at radius 3 is 2.75 bits per heavy atom. The van der Waals surface area contributed by atoms with Gasteiger partial charge in [-0.15, -0.1) is 0 Å². The smallest absolute Gasteiger partial charge is 0.252 e. The van der Waals surface area contributed by atoms with E-state index in [9.17, 15) is 4.79 Å². The molecular weight excluding hydrogens is 200 g/mol. The predicted octanol–water partition coefficient (Wildman–Crippen LogP) is 2.14. The van der Waals surface area contributed by atoms with Crippen LogP contribution in [0.3, 0.4) is 0 Å². The molecule has 3 heteroatoms. The molecule has 1 aromatic carbocycles. The third-order valence-corrected chi connectivity index (χ3v) is 2.77. The molecule has 0 saturated heterocycles. The van der Waals surface area contributed by atoms with Crippen molar-refractivity contribution in [3.8, 4) is 6.07 Å². The van der Waals surface area contributed by atoms with Crippen molar-refractivity contribution in [2.75, 3.05) is 0 Å². The van der Waals surface area contributed by atoms with Crippen LogP contribution in [0.4, 0.5) is 0 Å². The highest BCUT2D eigenvalue weighted by molar-refractivity contribution is 5.85. The minimum atomic E-state index is -0.110. The van der Waals surface area contributed by atoms with E-state index in [1.54, 1.807) is 6.07 Å². The van der Waals surface area contributed by atoms with Crippen LogP contribution in [0.25, 0.3) is 10.9 Å². The highest BCUT2D eigenvalue weighted by Gasteiger charge is 2.07. The number of hydrogen-bond acceptors (Lipinski definition) is 2. The fourth-order valence-corrected chi connectivity index (χ4v) is 2.01. The number of nitriles is 1. The summed E-state index contributed by atoms with van der Waals surface area (Å²) >= 11 is 0. The minimum absolute atomic E-state index is 0.0977. The molecule has 0 aliphatic heterocycles. The van der Waals surface area contributed by atoms with E-state index in [0.717, 1.165) is 22.0 Å². The molecule has 0 radical (unpaired) electrons. The molecule has 0 aliphatic rings. The molecular formula is C13H12N2O. The first-order valence-corrected chi connectivity index (χ1v) is 5.12. The van der Waals surface area contributed by atoms with Crippen LogP contribution in [-0.2, 0) is 6.54 Å². The molecule has 0 fully saturated rings. The van der Waals surface area contributed by atoms with E-state index in [1.807, 2.05) is 38.1 Å². The Labute approximate surface area is 93.6 Å². The zero-order chi connectivity index (χ0) is 11.7. The second-order valence-corrected chi connectivity index (χ2v) is 3.88. The fraction of sp³-hybridized carbons (Fsp3) is 0.231. The van der Waals surface area contributed by atoms with Crippen molar-refractivity contribution in [3.63, 3.8) is 0 Å². The van der Waals surface area contributed by atoms with Crippen molar-refractivity contribution >= 4 is 10.9 Å². The van der Waals surface area contributed by atoms with Gasteiger partial charge in [0.15, 0.2) is 0 Å². The summed E-state index contributed by atoms with van der Waals surface area (Å²) in [5.74, 6) is 0. The van der Waals surface area contributed by atoms with Crippen molar-refractivity contribution in [3.05, 3.63) is 45.7 Å². The number of aromatic nitrogens is 1. The summed E-state index contributed by atoms with van der Waals surface area (Å²) < 4.78 is 1.53. The molecule has 0 atom stereocenters. The number of benzene rings is 1. The Bertz CT molecular complexity index is 647. The van der Waals surface area contributed by atoms with Gasteiger partial charge in [0.25, 0.3) is 5.56 Å². The maximum atomic E-state index is 11.8. The van der Waals surface area contributed by atoms with E-state index in [0.29, 0.717) is 0 Å². The van der Waals surface area contributed by atoms with Crippen LogP contribution in [0.2, 0.25) is 0 Å². The Morgan fingerprint density at radius 2 is 2.06 bits per heavy atom. The highest BCUT2D eigenvalue weighted by atomic mass is 16.1. The van der Waals surface area contributed by atoms with Gasteiger partial charge in [-0.2, -0.15) is 5.26 Å². The molecule has 0 saturated carbocycles. The lowest BCUT2D eigenvalue weighted by atomic mass is 10.1. The molecule has 0 N–H and O–H groups in total. The first-order valence-electron chi connectivity index (χ1n) is 5.12. The zero-order valence-corrected chi connectivity index (χ0v) is 9.32. The maximum Gasteiger partial charge on any atom is 0.252 e. The molecule has 0 amide bonds. The van der Waals surface area contributed by atoms with E-state index in [2.05, 4.69) is 0 Å². The van der Waals surface area contributed by atoms with Gasteiger partial charge in [0.05, 0.1) is 11.6 Å². The van der Waals surface area contributed by atoms with Gasteiger partial charge in [-0.1, -0.05) is 18.2 Å². The number of nitrogens with zero attached hydrogens (tertiary/aromatic N) is 2. The Balaban J connectivity index is 2.99. The Kier molecular flexibility index (Phi) is 2.49. The normalized spacial score (nSPS) is 10.3. The summed E-state index contributed by atoms with van der Waals surface area (Å²) in [5.41, 5.74) is 2.74. The lowest BCUT2D eigenvalue weighted by molar-refractivity contribution is 0.822. The predicted molar refractivity (Wildman–Crippen MR) is 63.3 cm³/mol. The summed E-state index contributed by atoms with van der Waals surface area (Å²) in [5, 5.41) is 9.79. The largest absolute Gasteiger partial charge is 0.294 e. The lowest BCUT2D eigenvalue weighted by Crippen LogP contribution is -2.20. The Hall–Kier alpha value is -2.08. The van der Waals surface area contributed by atoms with E-state index in [-0.39, 0.29) is 12.1 Å². The summed E-state index contributed by atoms with van der Waals surface area (Å²) in [4.78, 5) is 11.8. The fourth-order valence-electron chi connectivity index (χ4n) is 2.01. The summed E-state index contributed by atoms with van der Waals surface area (Å²) in [6, 6.07) is 9.50. The van der Waals surface area contributed by atoms with Crippen LogP contribution in [0.1, 0.15) is 11.1 Å². The molecule has 16 heavy (non-hydrogen) atoms. The summed E-state index contributed by atoms with van der Waals surface area (Å²) in [6.07, 6.45) is 0. The average Bonchev–Trinajstić information content (AvgIpc) is 2.24. The van der Waals surface area contributed by atoms with Crippen LogP contribution in [0, 0.1) is 25.2 Å². The van der Waals surface area contributed by atoms with Gasteiger partial charge in [-0.05, 0) is 25.0 Å². The number of aryl methyl sites for hydroxylation is 2. The van der Waals surface area contributed by atoms with E-state index in [4.69, 9.17) is 5.26 Å². The van der Waals surface area contributed by atoms with Gasteiger partial charge >= 0.3 is 0 Å². The molecule has 0 bridgehead atoms. The summed E-state index contributed by atoms with van der Waals surface area (Å²) in [7, 11) is 0. The van der Waals surface area contributed by atoms with E-state index >= 15 is 0 Å². The van der Waals surface area contributed by atoms with Crippen molar-refractivity contribution < 1.29 is 0 Å². The van der Waals surface area contributed by atoms with Crippen molar-refractivity contribution in [2.24, 2.45) is 0 Å². The standard InChI is InChI=1S/C13H12N2O/c1-9-4-3-5-11-10(2)8-12(16)15(7-6-14)13(9)11/h3-5,8H,7H2,1-2H3. The number of rotatable bonds is 1. The van der Waals surface area contributed by atoms with Crippen molar-refractivity contribution in [1.29, 1.82) is 5.26 Å². The molecule has 0 spiro atoms. The SMILES string of the molecule is Cc1cc(=O)n(CC#N)c2c(C)cccc12.